The summed E-state index contributed by atoms with van der Waals surface area (Å²) >= 11 is 12.0. The van der Waals surface area contributed by atoms with E-state index in [-0.39, 0.29) is 5.56 Å². The van der Waals surface area contributed by atoms with Gasteiger partial charge in [-0.15, -0.1) is 0 Å². The molecule has 30 heavy (non-hydrogen) atoms. The molecule has 5 rings (SSSR count). The predicted molar refractivity (Wildman–Crippen MR) is 124 cm³/mol. The summed E-state index contributed by atoms with van der Waals surface area (Å²) in [6, 6.07) is 13.7. The van der Waals surface area contributed by atoms with Crippen molar-refractivity contribution in [1.29, 1.82) is 0 Å². The van der Waals surface area contributed by atoms with Gasteiger partial charge >= 0.3 is 0 Å². The average molecular weight is 438 g/mol. The maximum absolute atomic E-state index is 12.5. The Balaban J connectivity index is 1.34. The van der Waals surface area contributed by atoms with Crippen molar-refractivity contribution in [2.75, 3.05) is 13.1 Å². The lowest BCUT2D eigenvalue weighted by atomic mass is 9.98. The van der Waals surface area contributed by atoms with E-state index in [2.05, 4.69) is 39.2 Å². The summed E-state index contributed by atoms with van der Waals surface area (Å²) in [6.45, 7) is 1.94. The molecular weight excluding hydrogens is 417 g/mol. The number of hydrogen-bond donors (Lipinski definition) is 1. The van der Waals surface area contributed by atoms with Crippen molar-refractivity contribution in [3.63, 3.8) is 0 Å². The van der Waals surface area contributed by atoms with Gasteiger partial charge in [0.1, 0.15) is 5.82 Å². The van der Waals surface area contributed by atoms with Crippen LogP contribution in [0, 0.1) is 0 Å². The van der Waals surface area contributed by atoms with Crippen LogP contribution in [0.25, 0.3) is 22.0 Å². The second-order valence-electron chi connectivity index (χ2n) is 7.86. The SMILES string of the molecule is O=c1[nH]c(C2=CC(N3CC=C(c4ccc(Cl)cc4)CC3)CC2)nc2ccc(Cl)cc12. The molecule has 1 unspecified atom stereocenters. The van der Waals surface area contributed by atoms with Gasteiger partial charge in [-0.05, 0) is 66.3 Å². The summed E-state index contributed by atoms with van der Waals surface area (Å²) < 4.78 is 0. The average Bonchev–Trinajstić information content (AvgIpc) is 3.25. The van der Waals surface area contributed by atoms with Crippen molar-refractivity contribution in [3.05, 3.63) is 86.4 Å². The fourth-order valence-corrected chi connectivity index (χ4v) is 4.66. The molecule has 0 amide bonds. The molecular formula is C24H21Cl2N3O. The van der Waals surface area contributed by atoms with Crippen LogP contribution >= 0.6 is 23.2 Å². The Morgan fingerprint density at radius 3 is 2.57 bits per heavy atom. The molecule has 0 radical (unpaired) electrons. The van der Waals surface area contributed by atoms with Gasteiger partial charge < -0.3 is 4.98 Å². The highest BCUT2D eigenvalue weighted by atomic mass is 35.5. The first-order valence-corrected chi connectivity index (χ1v) is 10.9. The predicted octanol–water partition coefficient (Wildman–Crippen LogP) is 5.57. The number of aromatic amines is 1. The monoisotopic (exact) mass is 437 g/mol. The molecule has 1 aliphatic heterocycles. The quantitative estimate of drug-likeness (QED) is 0.582. The Bertz CT molecular complexity index is 1230. The Labute approximate surface area is 184 Å². The maximum atomic E-state index is 12.5. The van der Waals surface area contributed by atoms with Crippen LogP contribution in [0.5, 0.6) is 0 Å². The van der Waals surface area contributed by atoms with E-state index >= 15 is 0 Å². The smallest absolute Gasteiger partial charge is 0.259 e. The van der Waals surface area contributed by atoms with Crippen LogP contribution in [0.2, 0.25) is 10.0 Å². The van der Waals surface area contributed by atoms with Crippen molar-refractivity contribution in [1.82, 2.24) is 14.9 Å². The van der Waals surface area contributed by atoms with Gasteiger partial charge in [0.15, 0.2) is 0 Å². The van der Waals surface area contributed by atoms with E-state index in [0.717, 1.165) is 42.9 Å². The molecule has 6 heteroatoms. The Kier molecular flexibility index (Phi) is 5.23. The molecule has 2 aliphatic rings. The van der Waals surface area contributed by atoms with Crippen molar-refractivity contribution in [2.24, 2.45) is 0 Å². The highest BCUT2D eigenvalue weighted by Crippen LogP contribution is 2.32. The first-order valence-electron chi connectivity index (χ1n) is 10.2. The van der Waals surface area contributed by atoms with E-state index in [4.69, 9.17) is 23.2 Å². The van der Waals surface area contributed by atoms with E-state index in [1.54, 1.807) is 18.2 Å². The summed E-state index contributed by atoms with van der Waals surface area (Å²) in [6.07, 6.45) is 7.56. The molecule has 0 fully saturated rings. The van der Waals surface area contributed by atoms with Crippen molar-refractivity contribution in [3.8, 4) is 0 Å². The maximum Gasteiger partial charge on any atom is 0.259 e. The number of benzene rings is 2. The minimum atomic E-state index is -0.143. The number of rotatable bonds is 3. The summed E-state index contributed by atoms with van der Waals surface area (Å²) in [4.78, 5) is 22.6. The van der Waals surface area contributed by atoms with Gasteiger partial charge in [-0.1, -0.05) is 47.5 Å². The van der Waals surface area contributed by atoms with Crippen LogP contribution in [0.4, 0.5) is 0 Å². The number of nitrogens with zero attached hydrogens (tertiary/aromatic N) is 2. The summed E-state index contributed by atoms with van der Waals surface area (Å²) in [7, 11) is 0. The standard InChI is InChI=1S/C24H21Cl2N3O/c25-18-4-1-15(2-5-18)16-9-11-29(12-10-16)20-7-3-17(13-20)23-27-22-8-6-19(26)14-21(22)24(30)28-23/h1-2,4-6,8-9,13-14,20H,3,7,10-12H2,(H,27,28,30). The number of nitrogens with one attached hydrogen (secondary N) is 1. The van der Waals surface area contributed by atoms with E-state index < -0.39 is 0 Å². The minimum absolute atomic E-state index is 0.143. The molecule has 0 saturated carbocycles. The number of hydrogen-bond acceptors (Lipinski definition) is 3. The first kappa shape index (κ1) is 19.6. The lowest BCUT2D eigenvalue weighted by Gasteiger charge is -2.30. The normalized spacial score (nSPS) is 19.7. The third kappa shape index (κ3) is 3.83. The van der Waals surface area contributed by atoms with Crippen LogP contribution in [-0.2, 0) is 0 Å². The Hall–Kier alpha value is -2.40. The zero-order chi connectivity index (χ0) is 20.7. The Morgan fingerprint density at radius 2 is 1.80 bits per heavy atom. The zero-order valence-corrected chi connectivity index (χ0v) is 17.9. The molecule has 3 aromatic rings. The van der Waals surface area contributed by atoms with Gasteiger partial charge in [0.2, 0.25) is 0 Å². The van der Waals surface area contributed by atoms with Gasteiger partial charge in [0.25, 0.3) is 5.56 Å². The highest BCUT2D eigenvalue weighted by molar-refractivity contribution is 6.31. The van der Waals surface area contributed by atoms with Crippen molar-refractivity contribution < 1.29 is 0 Å². The Morgan fingerprint density at radius 1 is 1.00 bits per heavy atom. The molecule has 1 aromatic heterocycles. The van der Waals surface area contributed by atoms with Crippen LogP contribution in [0.15, 0.2) is 59.4 Å². The van der Waals surface area contributed by atoms with Crippen LogP contribution in [-0.4, -0.2) is 34.0 Å². The highest BCUT2D eigenvalue weighted by Gasteiger charge is 2.25. The lowest BCUT2D eigenvalue weighted by molar-refractivity contribution is 0.250. The molecule has 2 heterocycles. The van der Waals surface area contributed by atoms with Crippen LogP contribution in [0.1, 0.15) is 30.7 Å². The molecule has 2 aromatic carbocycles. The van der Waals surface area contributed by atoms with E-state index in [1.807, 2.05) is 12.1 Å². The van der Waals surface area contributed by atoms with Gasteiger partial charge in [0, 0.05) is 29.2 Å². The van der Waals surface area contributed by atoms with Gasteiger partial charge in [-0.3, -0.25) is 9.69 Å². The zero-order valence-electron chi connectivity index (χ0n) is 16.4. The molecule has 1 N–H and O–H groups in total. The van der Waals surface area contributed by atoms with Crippen molar-refractivity contribution >= 4 is 45.3 Å². The van der Waals surface area contributed by atoms with Gasteiger partial charge in [0.05, 0.1) is 10.9 Å². The van der Waals surface area contributed by atoms with Crippen LogP contribution in [0.3, 0.4) is 0 Å². The van der Waals surface area contributed by atoms with Crippen molar-refractivity contribution in [2.45, 2.75) is 25.3 Å². The van der Waals surface area contributed by atoms with Gasteiger partial charge in [-0.2, -0.15) is 0 Å². The molecule has 152 valence electrons. The van der Waals surface area contributed by atoms with Crippen LogP contribution < -0.4 is 5.56 Å². The lowest BCUT2D eigenvalue weighted by Crippen LogP contribution is -2.36. The minimum Gasteiger partial charge on any atom is -0.306 e. The molecule has 4 nitrogen and oxygen atoms in total. The topological polar surface area (TPSA) is 49.0 Å². The third-order valence-electron chi connectivity index (χ3n) is 6.00. The molecule has 1 atom stereocenters. The van der Waals surface area contributed by atoms with E-state index in [0.29, 0.717) is 27.8 Å². The third-order valence-corrected chi connectivity index (χ3v) is 6.49. The number of H-pyrrole nitrogens is 1. The number of allylic oxidation sites excluding steroid dienone is 1. The number of fused-ring (bicyclic) bond motifs is 1. The summed E-state index contributed by atoms with van der Waals surface area (Å²) in [5, 5.41) is 1.83. The summed E-state index contributed by atoms with van der Waals surface area (Å²) in [5.74, 6) is 0.673. The second-order valence-corrected chi connectivity index (χ2v) is 8.73. The first-order chi connectivity index (χ1) is 14.6. The van der Waals surface area contributed by atoms with E-state index in [9.17, 15) is 4.79 Å². The molecule has 0 spiro atoms. The fourth-order valence-electron chi connectivity index (χ4n) is 4.36. The van der Waals surface area contributed by atoms with E-state index in [1.165, 1.54) is 11.1 Å². The molecule has 1 aliphatic carbocycles. The summed E-state index contributed by atoms with van der Waals surface area (Å²) in [5.41, 5.74) is 4.27. The number of halogens is 2. The fraction of sp³-hybridized carbons (Fsp3) is 0.250. The number of aromatic nitrogens is 2. The van der Waals surface area contributed by atoms with Gasteiger partial charge in [-0.25, -0.2) is 4.98 Å². The molecule has 0 bridgehead atoms. The largest absolute Gasteiger partial charge is 0.306 e. The molecule has 0 saturated heterocycles. The second kappa shape index (κ2) is 8.03.